The number of para-hydroxylation sites is 1. The van der Waals surface area contributed by atoms with Gasteiger partial charge in [-0.1, -0.05) is 24.3 Å². The molecule has 0 aliphatic rings. The first-order valence-electron chi connectivity index (χ1n) is 10.8. The number of rotatable bonds is 5. The fourth-order valence-corrected chi connectivity index (χ4v) is 4.20. The van der Waals surface area contributed by atoms with Crippen LogP contribution in [0.3, 0.4) is 0 Å². The van der Waals surface area contributed by atoms with Gasteiger partial charge in [-0.05, 0) is 42.0 Å². The third-order valence-electron chi connectivity index (χ3n) is 6.04. The quantitative estimate of drug-likeness (QED) is 0.220. The van der Waals surface area contributed by atoms with Gasteiger partial charge in [0, 0.05) is 30.1 Å². The maximum atomic E-state index is 13.8. The Morgan fingerprint density at radius 3 is 2.31 bits per heavy atom. The number of nitrogens with zero attached hydrogens (tertiary/aromatic N) is 4. The second-order valence-corrected chi connectivity index (χ2v) is 8.08. The third kappa shape index (κ3) is 3.72. The summed E-state index contributed by atoms with van der Waals surface area (Å²) in [7, 11) is 3.32. The van der Waals surface area contributed by atoms with Crippen molar-refractivity contribution in [2.24, 2.45) is 7.05 Å². The third-order valence-corrected chi connectivity index (χ3v) is 6.04. The number of pyridine rings is 1. The molecule has 35 heavy (non-hydrogen) atoms. The minimum absolute atomic E-state index is 0.00891. The number of nitro groups is 1. The van der Waals surface area contributed by atoms with Crippen LogP contribution in [0.1, 0.15) is 5.56 Å². The molecule has 0 N–H and O–H groups in total. The molecule has 5 aromatic rings. The Morgan fingerprint density at radius 2 is 1.66 bits per heavy atom. The lowest BCUT2D eigenvalue weighted by molar-refractivity contribution is -0.384. The van der Waals surface area contributed by atoms with Crippen LogP contribution < -0.4 is 15.7 Å². The van der Waals surface area contributed by atoms with Gasteiger partial charge in [-0.3, -0.25) is 24.3 Å². The van der Waals surface area contributed by atoms with Crippen molar-refractivity contribution < 1.29 is 9.66 Å². The Bertz CT molecular complexity index is 1720. The molecule has 2 heterocycles. The van der Waals surface area contributed by atoms with Crippen molar-refractivity contribution in [2.75, 3.05) is 7.11 Å². The van der Waals surface area contributed by atoms with E-state index >= 15 is 0 Å². The Balaban J connectivity index is 1.82. The van der Waals surface area contributed by atoms with Crippen molar-refractivity contribution in [3.63, 3.8) is 0 Å². The summed E-state index contributed by atoms with van der Waals surface area (Å²) >= 11 is 0. The van der Waals surface area contributed by atoms with Crippen molar-refractivity contribution in [2.45, 2.75) is 6.54 Å². The van der Waals surface area contributed by atoms with E-state index in [4.69, 9.17) is 9.72 Å². The van der Waals surface area contributed by atoms with Crippen LogP contribution in [-0.2, 0) is 13.6 Å². The van der Waals surface area contributed by atoms with Crippen molar-refractivity contribution >= 4 is 27.6 Å². The number of non-ortho nitro benzene ring substituents is 1. The van der Waals surface area contributed by atoms with Crippen LogP contribution in [0.15, 0.2) is 82.4 Å². The molecule has 0 fully saturated rings. The first-order valence-corrected chi connectivity index (χ1v) is 10.8. The summed E-state index contributed by atoms with van der Waals surface area (Å²) in [6.07, 6.45) is 0. The monoisotopic (exact) mass is 468 g/mol. The van der Waals surface area contributed by atoms with Crippen molar-refractivity contribution in [1.29, 1.82) is 0 Å². The Hall–Kier alpha value is -4.79. The first kappa shape index (κ1) is 22.0. The summed E-state index contributed by atoms with van der Waals surface area (Å²) in [5, 5.41) is 11.6. The second kappa shape index (κ2) is 8.53. The molecule has 0 unspecified atom stereocenters. The van der Waals surface area contributed by atoms with E-state index in [1.165, 1.54) is 16.7 Å². The van der Waals surface area contributed by atoms with E-state index in [-0.39, 0.29) is 28.7 Å². The highest BCUT2D eigenvalue weighted by Crippen LogP contribution is 2.24. The molecule has 3 aromatic carbocycles. The highest BCUT2D eigenvalue weighted by Gasteiger charge is 2.20. The summed E-state index contributed by atoms with van der Waals surface area (Å²) in [5.74, 6) is 0.979. The van der Waals surface area contributed by atoms with Gasteiger partial charge in [-0.2, -0.15) is 0 Å². The summed E-state index contributed by atoms with van der Waals surface area (Å²) in [6, 6.07) is 20.1. The number of nitro benzene ring substituents is 1. The zero-order chi connectivity index (χ0) is 24.7. The maximum absolute atomic E-state index is 13.8. The van der Waals surface area contributed by atoms with Crippen LogP contribution in [0.4, 0.5) is 5.69 Å². The average Bonchev–Trinajstić information content (AvgIpc) is 2.88. The molecule has 174 valence electrons. The molecule has 5 rings (SSSR count). The van der Waals surface area contributed by atoms with Crippen molar-refractivity contribution in [3.8, 4) is 17.1 Å². The first-order chi connectivity index (χ1) is 16.9. The van der Waals surface area contributed by atoms with E-state index < -0.39 is 10.5 Å². The summed E-state index contributed by atoms with van der Waals surface area (Å²) in [5.41, 5.74) is 1.28. The van der Waals surface area contributed by atoms with Gasteiger partial charge in [-0.25, -0.2) is 4.98 Å². The lowest BCUT2D eigenvalue weighted by atomic mass is 10.1. The lowest BCUT2D eigenvalue weighted by Gasteiger charge is -2.16. The molecule has 0 bridgehead atoms. The Morgan fingerprint density at radius 1 is 0.971 bits per heavy atom. The minimum Gasteiger partial charge on any atom is -0.497 e. The summed E-state index contributed by atoms with van der Waals surface area (Å²) in [4.78, 5) is 42.6. The second-order valence-electron chi connectivity index (χ2n) is 8.08. The molecular formula is C26H20N4O5. The van der Waals surface area contributed by atoms with Crippen molar-refractivity contribution in [1.82, 2.24) is 14.1 Å². The minimum atomic E-state index is -0.488. The number of aryl methyl sites for hydroxylation is 1. The van der Waals surface area contributed by atoms with Gasteiger partial charge in [0.1, 0.15) is 17.0 Å². The topological polar surface area (TPSA) is 109 Å². The fraction of sp³-hybridized carbons (Fsp3) is 0.115. The SMILES string of the molecule is COc1ccc(Cn2c(-c3ccc([N+](=O)[O-])cc3)nc3c(c(=O)c4ccccc4n3C)c2=O)cc1. The highest BCUT2D eigenvalue weighted by atomic mass is 16.6. The van der Waals surface area contributed by atoms with Gasteiger partial charge in [0.25, 0.3) is 11.2 Å². The number of fused-ring (bicyclic) bond motifs is 2. The van der Waals surface area contributed by atoms with Gasteiger partial charge < -0.3 is 9.30 Å². The molecule has 0 amide bonds. The van der Waals surface area contributed by atoms with Crippen LogP contribution in [0.25, 0.3) is 33.3 Å². The standard InChI is InChI=1S/C26H20N4O5/c1-28-21-6-4-3-5-20(21)23(31)22-25(28)27-24(17-9-11-18(12-10-17)30(33)34)29(26(22)32)15-16-7-13-19(35-2)14-8-16/h3-14H,15H2,1-2H3. The number of benzene rings is 3. The predicted octanol–water partition coefficient (Wildman–Crippen LogP) is 3.88. The van der Waals surface area contributed by atoms with Crippen LogP contribution in [0.5, 0.6) is 5.75 Å². The van der Waals surface area contributed by atoms with E-state index in [2.05, 4.69) is 0 Å². The molecule has 0 spiro atoms. The Labute approximate surface area is 198 Å². The molecule has 0 saturated carbocycles. The predicted molar refractivity (Wildman–Crippen MR) is 133 cm³/mol. The zero-order valence-electron chi connectivity index (χ0n) is 19.0. The molecule has 0 aliphatic heterocycles. The van der Waals surface area contributed by atoms with Crippen LogP contribution in [0, 0.1) is 10.1 Å². The van der Waals surface area contributed by atoms with E-state index in [0.717, 1.165) is 5.56 Å². The average molecular weight is 468 g/mol. The molecule has 0 saturated heterocycles. The normalized spacial score (nSPS) is 11.1. The maximum Gasteiger partial charge on any atom is 0.269 e. The van der Waals surface area contributed by atoms with E-state index in [0.29, 0.717) is 28.0 Å². The molecule has 9 nitrogen and oxygen atoms in total. The molecule has 0 radical (unpaired) electrons. The number of hydrogen-bond donors (Lipinski definition) is 0. The molecule has 0 aliphatic carbocycles. The highest BCUT2D eigenvalue weighted by molar-refractivity contribution is 5.91. The molecule has 9 heteroatoms. The van der Waals surface area contributed by atoms with E-state index in [1.54, 1.807) is 61.2 Å². The summed E-state index contributed by atoms with van der Waals surface area (Å²) < 4.78 is 8.37. The zero-order valence-corrected chi connectivity index (χ0v) is 19.0. The van der Waals surface area contributed by atoms with Gasteiger partial charge in [-0.15, -0.1) is 0 Å². The number of methoxy groups -OCH3 is 1. The van der Waals surface area contributed by atoms with Gasteiger partial charge >= 0.3 is 0 Å². The largest absolute Gasteiger partial charge is 0.497 e. The molecule has 2 aromatic heterocycles. The number of hydrogen-bond acceptors (Lipinski definition) is 6. The number of aromatic nitrogens is 3. The Kier molecular flexibility index (Phi) is 5.37. The molecular weight excluding hydrogens is 448 g/mol. The van der Waals surface area contributed by atoms with Gasteiger partial charge in [0.15, 0.2) is 5.65 Å². The molecule has 0 atom stereocenters. The van der Waals surface area contributed by atoms with Crippen LogP contribution in [-0.4, -0.2) is 26.2 Å². The van der Waals surface area contributed by atoms with Crippen LogP contribution in [0.2, 0.25) is 0 Å². The fourth-order valence-electron chi connectivity index (χ4n) is 4.20. The van der Waals surface area contributed by atoms with Gasteiger partial charge in [0.05, 0.1) is 24.1 Å². The van der Waals surface area contributed by atoms with E-state index in [9.17, 15) is 19.7 Å². The summed E-state index contributed by atoms with van der Waals surface area (Å²) in [6.45, 7) is 0.147. The van der Waals surface area contributed by atoms with Gasteiger partial charge in [0.2, 0.25) is 5.43 Å². The lowest BCUT2D eigenvalue weighted by Crippen LogP contribution is -2.29. The van der Waals surface area contributed by atoms with Crippen molar-refractivity contribution in [3.05, 3.63) is 109 Å². The van der Waals surface area contributed by atoms with Crippen LogP contribution >= 0.6 is 0 Å². The van der Waals surface area contributed by atoms with E-state index in [1.807, 2.05) is 18.2 Å². The smallest absolute Gasteiger partial charge is 0.269 e. The number of ether oxygens (including phenoxy) is 1.